The minimum Gasteiger partial charge on any atom is -0.497 e. The molecule has 32 heavy (non-hydrogen) atoms. The quantitative estimate of drug-likeness (QED) is 0.459. The van der Waals surface area contributed by atoms with E-state index in [1.54, 1.807) is 24.3 Å². The van der Waals surface area contributed by atoms with Gasteiger partial charge in [-0.3, -0.25) is 14.4 Å². The molecule has 1 unspecified atom stereocenters. The van der Waals surface area contributed by atoms with Crippen molar-refractivity contribution in [1.82, 2.24) is 4.90 Å². The van der Waals surface area contributed by atoms with E-state index in [-0.39, 0.29) is 13.0 Å². The Morgan fingerprint density at radius 2 is 1.84 bits per heavy atom. The van der Waals surface area contributed by atoms with Crippen molar-refractivity contribution in [2.75, 3.05) is 32.8 Å². The van der Waals surface area contributed by atoms with E-state index in [0.29, 0.717) is 22.6 Å². The highest BCUT2D eigenvalue weighted by molar-refractivity contribution is 6.23. The van der Waals surface area contributed by atoms with E-state index in [1.165, 1.54) is 50.5 Å². The second kappa shape index (κ2) is 10.0. The summed E-state index contributed by atoms with van der Waals surface area (Å²) < 4.78 is 15.7. The maximum atomic E-state index is 13.4. The van der Waals surface area contributed by atoms with Crippen LogP contribution in [0, 0.1) is 11.3 Å². The molecule has 0 aromatic heterocycles. The molecule has 1 aliphatic rings. The summed E-state index contributed by atoms with van der Waals surface area (Å²) in [6, 6.07) is 13.6. The SMILES string of the molecule is COc1cccc(C(=O)N(CC(OC)OC)C2CC(=O)N(c3ccc(C#N)cc3)C2=O)c1. The Bertz CT molecular complexity index is 1040. The van der Waals surface area contributed by atoms with Crippen molar-refractivity contribution >= 4 is 23.4 Å². The molecule has 1 atom stereocenters. The molecule has 166 valence electrons. The highest BCUT2D eigenvalue weighted by Crippen LogP contribution is 2.28. The molecule has 1 heterocycles. The molecule has 0 bridgehead atoms. The first-order valence-electron chi connectivity index (χ1n) is 9.81. The first-order valence-corrected chi connectivity index (χ1v) is 9.81. The molecule has 0 saturated carbocycles. The molecule has 0 aliphatic carbocycles. The standard InChI is InChI=1S/C23H23N3O6/c1-30-18-6-4-5-16(11-18)22(28)25(14-21(31-2)32-3)19-12-20(27)26(23(19)29)17-9-7-15(13-24)8-10-17/h4-11,19,21H,12,14H2,1-3H3. The van der Waals surface area contributed by atoms with Crippen LogP contribution in [-0.4, -0.2) is 62.8 Å². The Balaban J connectivity index is 1.94. The van der Waals surface area contributed by atoms with Gasteiger partial charge in [-0.05, 0) is 42.5 Å². The van der Waals surface area contributed by atoms with E-state index in [0.717, 1.165) is 4.90 Å². The van der Waals surface area contributed by atoms with Crippen molar-refractivity contribution in [2.45, 2.75) is 18.8 Å². The van der Waals surface area contributed by atoms with Crippen LogP contribution < -0.4 is 9.64 Å². The lowest BCUT2D eigenvalue weighted by Gasteiger charge is -2.30. The van der Waals surface area contributed by atoms with Crippen molar-refractivity contribution < 1.29 is 28.6 Å². The molecule has 9 nitrogen and oxygen atoms in total. The van der Waals surface area contributed by atoms with E-state index in [1.807, 2.05) is 6.07 Å². The van der Waals surface area contributed by atoms with Gasteiger partial charge in [-0.2, -0.15) is 5.26 Å². The normalized spacial score (nSPS) is 15.7. The highest BCUT2D eigenvalue weighted by Gasteiger charge is 2.45. The van der Waals surface area contributed by atoms with E-state index in [9.17, 15) is 14.4 Å². The summed E-state index contributed by atoms with van der Waals surface area (Å²) in [6.07, 6.45) is -0.981. The zero-order chi connectivity index (χ0) is 23.3. The van der Waals surface area contributed by atoms with Crippen LogP contribution in [-0.2, 0) is 19.1 Å². The van der Waals surface area contributed by atoms with Crippen LogP contribution in [0.5, 0.6) is 5.75 Å². The number of anilines is 1. The van der Waals surface area contributed by atoms with Crippen molar-refractivity contribution in [3.05, 3.63) is 59.7 Å². The number of benzene rings is 2. The van der Waals surface area contributed by atoms with Gasteiger partial charge in [0.2, 0.25) is 5.91 Å². The zero-order valence-corrected chi connectivity index (χ0v) is 18.0. The number of ether oxygens (including phenoxy) is 3. The third-order valence-electron chi connectivity index (χ3n) is 5.20. The smallest absolute Gasteiger partial charge is 0.257 e. The Morgan fingerprint density at radius 3 is 2.44 bits per heavy atom. The summed E-state index contributed by atoms with van der Waals surface area (Å²) in [5, 5.41) is 8.98. The van der Waals surface area contributed by atoms with Crippen molar-refractivity contribution in [3.8, 4) is 11.8 Å². The number of carbonyl (C=O) groups is 3. The minimum absolute atomic E-state index is 0.0616. The molecule has 0 N–H and O–H groups in total. The van der Waals surface area contributed by atoms with Crippen LogP contribution >= 0.6 is 0 Å². The number of nitriles is 1. The average molecular weight is 437 g/mol. The molecule has 1 fully saturated rings. The number of hydrogen-bond acceptors (Lipinski definition) is 7. The van der Waals surface area contributed by atoms with Gasteiger partial charge in [0.25, 0.3) is 11.8 Å². The largest absolute Gasteiger partial charge is 0.497 e. The van der Waals surface area contributed by atoms with Crippen LogP contribution in [0.3, 0.4) is 0 Å². The summed E-state index contributed by atoms with van der Waals surface area (Å²) in [5.41, 5.74) is 1.04. The van der Waals surface area contributed by atoms with Gasteiger partial charge in [0.15, 0.2) is 6.29 Å². The summed E-state index contributed by atoms with van der Waals surface area (Å²) in [5.74, 6) is -0.962. The number of amides is 3. The van der Waals surface area contributed by atoms with Gasteiger partial charge in [-0.15, -0.1) is 0 Å². The third-order valence-corrected chi connectivity index (χ3v) is 5.20. The number of nitrogens with zero attached hydrogens (tertiary/aromatic N) is 3. The Hall–Kier alpha value is -3.74. The molecular weight excluding hydrogens is 414 g/mol. The average Bonchev–Trinajstić information content (AvgIpc) is 3.13. The van der Waals surface area contributed by atoms with E-state index >= 15 is 0 Å². The highest BCUT2D eigenvalue weighted by atomic mass is 16.7. The van der Waals surface area contributed by atoms with Gasteiger partial charge in [0.1, 0.15) is 11.8 Å². The van der Waals surface area contributed by atoms with Crippen LogP contribution in [0.1, 0.15) is 22.3 Å². The van der Waals surface area contributed by atoms with E-state index in [4.69, 9.17) is 19.5 Å². The molecule has 0 radical (unpaired) electrons. The monoisotopic (exact) mass is 437 g/mol. The maximum Gasteiger partial charge on any atom is 0.257 e. The molecular formula is C23H23N3O6. The lowest BCUT2D eigenvalue weighted by molar-refractivity contribution is -0.128. The van der Waals surface area contributed by atoms with Crippen molar-refractivity contribution in [2.24, 2.45) is 0 Å². The number of methoxy groups -OCH3 is 3. The molecule has 3 amide bonds. The lowest BCUT2D eigenvalue weighted by Crippen LogP contribution is -2.49. The van der Waals surface area contributed by atoms with Gasteiger partial charge < -0.3 is 19.1 Å². The van der Waals surface area contributed by atoms with Gasteiger partial charge >= 0.3 is 0 Å². The molecule has 9 heteroatoms. The summed E-state index contributed by atoms with van der Waals surface area (Å²) in [7, 11) is 4.34. The van der Waals surface area contributed by atoms with Gasteiger partial charge in [-0.25, -0.2) is 4.90 Å². The third kappa shape index (κ3) is 4.61. The summed E-state index contributed by atoms with van der Waals surface area (Å²) >= 11 is 0. The van der Waals surface area contributed by atoms with Crippen molar-refractivity contribution in [3.63, 3.8) is 0 Å². The molecule has 2 aromatic rings. The van der Waals surface area contributed by atoms with Gasteiger partial charge in [0.05, 0.1) is 37.4 Å². The Kier molecular flexibility index (Phi) is 7.20. The van der Waals surface area contributed by atoms with E-state index < -0.39 is 30.1 Å². The molecule has 2 aromatic carbocycles. The topological polar surface area (TPSA) is 109 Å². The fourth-order valence-corrected chi connectivity index (χ4v) is 3.50. The maximum absolute atomic E-state index is 13.4. The van der Waals surface area contributed by atoms with Crippen LogP contribution in [0.4, 0.5) is 5.69 Å². The van der Waals surface area contributed by atoms with Gasteiger partial charge in [-0.1, -0.05) is 6.07 Å². The summed E-state index contributed by atoms with van der Waals surface area (Å²) in [4.78, 5) is 41.7. The first kappa shape index (κ1) is 22.9. The first-order chi connectivity index (χ1) is 15.4. The lowest BCUT2D eigenvalue weighted by atomic mass is 10.1. The zero-order valence-electron chi connectivity index (χ0n) is 18.0. The Labute approximate surface area is 185 Å². The molecule has 0 spiro atoms. The molecule has 3 rings (SSSR count). The molecule has 1 aliphatic heterocycles. The van der Waals surface area contributed by atoms with Crippen LogP contribution in [0.25, 0.3) is 0 Å². The second-order valence-corrected chi connectivity index (χ2v) is 7.04. The number of rotatable bonds is 8. The van der Waals surface area contributed by atoms with Crippen LogP contribution in [0.15, 0.2) is 48.5 Å². The second-order valence-electron chi connectivity index (χ2n) is 7.04. The van der Waals surface area contributed by atoms with Gasteiger partial charge in [0, 0.05) is 19.8 Å². The Morgan fingerprint density at radius 1 is 1.16 bits per heavy atom. The number of imide groups is 1. The summed E-state index contributed by atoms with van der Waals surface area (Å²) in [6.45, 7) is -0.0616. The fourth-order valence-electron chi connectivity index (χ4n) is 3.50. The predicted molar refractivity (Wildman–Crippen MR) is 114 cm³/mol. The minimum atomic E-state index is -1.04. The van der Waals surface area contributed by atoms with Crippen molar-refractivity contribution in [1.29, 1.82) is 5.26 Å². The predicted octanol–water partition coefficient (Wildman–Crippen LogP) is 1.96. The fraction of sp³-hybridized carbons (Fsp3) is 0.304. The number of carbonyl (C=O) groups excluding carboxylic acids is 3. The van der Waals surface area contributed by atoms with Crippen LogP contribution in [0.2, 0.25) is 0 Å². The molecule has 1 saturated heterocycles. The number of hydrogen-bond donors (Lipinski definition) is 0. The van der Waals surface area contributed by atoms with E-state index in [2.05, 4.69) is 0 Å².